The summed E-state index contributed by atoms with van der Waals surface area (Å²) in [6.07, 6.45) is -1.46. The topological polar surface area (TPSA) is 59.4 Å². The van der Waals surface area contributed by atoms with Crippen molar-refractivity contribution in [3.8, 4) is 28.0 Å². The molecule has 0 atom stereocenters. The maximum atomic E-state index is 13.8. The van der Waals surface area contributed by atoms with E-state index in [1.54, 1.807) is 18.2 Å². The smallest absolute Gasteiger partial charge is 0.418 e. The van der Waals surface area contributed by atoms with Gasteiger partial charge in [-0.1, -0.05) is 78.9 Å². The zero-order valence-corrected chi connectivity index (χ0v) is 21.4. The first-order valence-electron chi connectivity index (χ1n) is 12.5. The third-order valence-corrected chi connectivity index (χ3v) is 6.52. The first kappa shape index (κ1) is 26.7. The standard InChI is InChI=1S/C33H24F3NO3/c1-21(32(38)39)17-22-13-15-23(16-14-22)20-40-26-10-5-9-25(18-26)30-27-11-6-12-29(33(34,35)36)31(27)37-19-28(30)24-7-3-2-4-8-24/h2-19H,20H2,1H3,(H,38,39). The molecule has 5 rings (SSSR count). The van der Waals surface area contributed by atoms with Crippen LogP contribution in [0.5, 0.6) is 5.75 Å². The van der Waals surface area contributed by atoms with E-state index >= 15 is 0 Å². The maximum absolute atomic E-state index is 13.8. The molecule has 0 saturated heterocycles. The SMILES string of the molecule is CC(=Cc1ccc(COc2cccc(-c3c(-c4ccccc4)cnc4c(C(F)(F)F)cccc34)c2)cc1)C(=O)O. The van der Waals surface area contributed by atoms with Crippen LogP contribution in [0, 0.1) is 0 Å². The fourth-order valence-corrected chi connectivity index (χ4v) is 4.53. The van der Waals surface area contributed by atoms with E-state index in [1.165, 1.54) is 19.2 Å². The van der Waals surface area contributed by atoms with Crippen molar-refractivity contribution in [2.24, 2.45) is 0 Å². The number of nitrogens with zero attached hydrogens (tertiary/aromatic N) is 1. The summed E-state index contributed by atoms with van der Waals surface area (Å²) in [6.45, 7) is 1.79. The van der Waals surface area contributed by atoms with Crippen LogP contribution in [0.2, 0.25) is 0 Å². The molecule has 0 aliphatic heterocycles. The largest absolute Gasteiger partial charge is 0.489 e. The molecule has 0 aliphatic carbocycles. The van der Waals surface area contributed by atoms with E-state index in [4.69, 9.17) is 9.84 Å². The van der Waals surface area contributed by atoms with Crippen molar-refractivity contribution in [2.75, 3.05) is 0 Å². The minimum Gasteiger partial charge on any atom is -0.489 e. The van der Waals surface area contributed by atoms with Gasteiger partial charge in [-0.2, -0.15) is 13.2 Å². The first-order valence-corrected chi connectivity index (χ1v) is 12.5. The average Bonchev–Trinajstić information content (AvgIpc) is 2.96. The Bertz CT molecular complexity index is 1710. The van der Waals surface area contributed by atoms with E-state index in [0.717, 1.165) is 22.8 Å². The van der Waals surface area contributed by atoms with Gasteiger partial charge in [-0.3, -0.25) is 4.98 Å². The van der Waals surface area contributed by atoms with Crippen LogP contribution in [0.3, 0.4) is 0 Å². The minimum atomic E-state index is -4.54. The second-order valence-electron chi connectivity index (χ2n) is 9.30. The minimum absolute atomic E-state index is 0.108. The van der Waals surface area contributed by atoms with Gasteiger partial charge in [0.25, 0.3) is 0 Å². The summed E-state index contributed by atoms with van der Waals surface area (Å²) in [6, 6.07) is 28.1. The van der Waals surface area contributed by atoms with E-state index < -0.39 is 17.7 Å². The van der Waals surface area contributed by atoms with Crippen LogP contribution in [0.1, 0.15) is 23.6 Å². The van der Waals surface area contributed by atoms with Crippen LogP contribution in [0.25, 0.3) is 39.2 Å². The number of pyridine rings is 1. The number of aromatic nitrogens is 1. The average molecular weight is 540 g/mol. The third-order valence-electron chi connectivity index (χ3n) is 6.52. The quantitative estimate of drug-likeness (QED) is 0.210. The molecule has 1 heterocycles. The molecule has 0 spiro atoms. The van der Waals surface area contributed by atoms with Crippen LogP contribution >= 0.6 is 0 Å². The summed E-state index contributed by atoms with van der Waals surface area (Å²) in [4.78, 5) is 15.3. The molecule has 0 unspecified atom stereocenters. The van der Waals surface area contributed by atoms with E-state index in [2.05, 4.69) is 4.98 Å². The number of carbonyl (C=O) groups is 1. The number of alkyl halides is 3. The number of rotatable bonds is 7. The molecule has 7 heteroatoms. The number of ether oxygens (including phenoxy) is 1. The Morgan fingerprint density at radius 2 is 1.60 bits per heavy atom. The van der Waals surface area contributed by atoms with Crippen LogP contribution in [0.4, 0.5) is 13.2 Å². The lowest BCUT2D eigenvalue weighted by Crippen LogP contribution is -2.07. The van der Waals surface area contributed by atoms with Crippen LogP contribution < -0.4 is 4.74 Å². The lowest BCUT2D eigenvalue weighted by Gasteiger charge is -2.17. The zero-order valence-electron chi connectivity index (χ0n) is 21.4. The normalized spacial score (nSPS) is 11.9. The highest BCUT2D eigenvalue weighted by Gasteiger charge is 2.33. The summed E-state index contributed by atoms with van der Waals surface area (Å²) in [5.74, 6) is -0.418. The van der Waals surface area contributed by atoms with Crippen LogP contribution in [0.15, 0.2) is 109 Å². The molecule has 200 valence electrons. The van der Waals surface area contributed by atoms with Crippen molar-refractivity contribution < 1.29 is 27.8 Å². The van der Waals surface area contributed by atoms with Crippen molar-refractivity contribution in [3.63, 3.8) is 0 Å². The van der Waals surface area contributed by atoms with Crippen LogP contribution in [-0.2, 0) is 17.6 Å². The van der Waals surface area contributed by atoms with Gasteiger partial charge in [-0.25, -0.2) is 4.79 Å². The van der Waals surface area contributed by atoms with E-state index in [9.17, 15) is 18.0 Å². The van der Waals surface area contributed by atoms with Gasteiger partial charge in [-0.15, -0.1) is 0 Å². The van der Waals surface area contributed by atoms with Gasteiger partial charge < -0.3 is 9.84 Å². The Hall–Kier alpha value is -4.91. The summed E-state index contributed by atoms with van der Waals surface area (Å²) < 4.78 is 47.5. The molecule has 0 bridgehead atoms. The Morgan fingerprint density at radius 3 is 2.30 bits per heavy atom. The van der Waals surface area contributed by atoms with Crippen molar-refractivity contribution in [2.45, 2.75) is 19.7 Å². The highest BCUT2D eigenvalue weighted by atomic mass is 19.4. The number of hydrogen-bond acceptors (Lipinski definition) is 3. The van der Waals surface area contributed by atoms with Crippen molar-refractivity contribution in [1.82, 2.24) is 4.98 Å². The predicted octanol–water partition coefficient (Wildman–Crippen LogP) is 8.65. The van der Waals surface area contributed by atoms with E-state index in [-0.39, 0.29) is 17.7 Å². The highest BCUT2D eigenvalue weighted by molar-refractivity contribution is 6.03. The van der Waals surface area contributed by atoms with Gasteiger partial charge in [0.2, 0.25) is 0 Å². The number of benzene rings is 4. The molecule has 4 aromatic carbocycles. The Morgan fingerprint density at radius 1 is 0.900 bits per heavy atom. The van der Waals surface area contributed by atoms with Crippen molar-refractivity contribution in [3.05, 3.63) is 126 Å². The van der Waals surface area contributed by atoms with Gasteiger partial charge in [0, 0.05) is 28.3 Å². The molecule has 1 N–H and O–H groups in total. The lowest BCUT2D eigenvalue weighted by molar-refractivity contribution is -0.136. The number of carboxylic acid groups (broad SMARTS) is 1. The highest BCUT2D eigenvalue weighted by Crippen LogP contribution is 2.42. The van der Waals surface area contributed by atoms with Gasteiger partial charge in [0.15, 0.2) is 0 Å². The van der Waals surface area contributed by atoms with Crippen molar-refractivity contribution >= 4 is 22.9 Å². The Labute approximate surface area is 229 Å². The molecule has 5 aromatic rings. The number of halogens is 3. The van der Waals surface area contributed by atoms with E-state index in [1.807, 2.05) is 72.8 Å². The molecule has 0 saturated carbocycles. The lowest BCUT2D eigenvalue weighted by atomic mass is 9.91. The predicted molar refractivity (Wildman–Crippen MR) is 150 cm³/mol. The zero-order chi connectivity index (χ0) is 28.3. The Kier molecular flexibility index (Phi) is 7.38. The number of para-hydroxylation sites is 1. The van der Waals surface area contributed by atoms with Gasteiger partial charge in [0.05, 0.1) is 11.1 Å². The number of carboxylic acids is 1. The maximum Gasteiger partial charge on any atom is 0.418 e. The summed E-state index contributed by atoms with van der Waals surface area (Å²) in [7, 11) is 0. The molecule has 0 aliphatic rings. The molecule has 1 aromatic heterocycles. The second kappa shape index (κ2) is 11.1. The van der Waals surface area contributed by atoms with E-state index in [0.29, 0.717) is 27.8 Å². The molecule has 0 radical (unpaired) electrons. The fraction of sp³-hybridized carbons (Fsp3) is 0.0909. The number of hydrogen-bond donors (Lipinski definition) is 1. The molecule has 0 fully saturated rings. The Balaban J connectivity index is 1.51. The van der Waals surface area contributed by atoms with Crippen LogP contribution in [-0.4, -0.2) is 16.1 Å². The summed E-state index contributed by atoms with van der Waals surface area (Å²) in [5.41, 5.74) is 3.88. The molecule has 0 amide bonds. The molecule has 4 nitrogen and oxygen atoms in total. The number of aliphatic carboxylic acids is 1. The second-order valence-corrected chi connectivity index (χ2v) is 9.30. The van der Waals surface area contributed by atoms with Gasteiger partial charge >= 0.3 is 12.1 Å². The monoisotopic (exact) mass is 539 g/mol. The molecular weight excluding hydrogens is 515 g/mol. The van der Waals surface area contributed by atoms with Gasteiger partial charge in [0.1, 0.15) is 12.4 Å². The van der Waals surface area contributed by atoms with Crippen molar-refractivity contribution in [1.29, 1.82) is 0 Å². The fourth-order valence-electron chi connectivity index (χ4n) is 4.53. The molecular formula is C33H24F3NO3. The summed E-state index contributed by atoms with van der Waals surface area (Å²) in [5, 5.41) is 9.46. The summed E-state index contributed by atoms with van der Waals surface area (Å²) >= 11 is 0. The third kappa shape index (κ3) is 5.73. The number of fused-ring (bicyclic) bond motifs is 1. The molecule has 40 heavy (non-hydrogen) atoms. The first-order chi connectivity index (χ1) is 19.2. The van der Waals surface area contributed by atoms with Gasteiger partial charge in [-0.05, 0) is 53.5 Å².